The van der Waals surface area contributed by atoms with Gasteiger partial charge in [0, 0.05) is 0 Å². The zero-order valence-electron chi connectivity index (χ0n) is 10.1. The summed E-state index contributed by atoms with van der Waals surface area (Å²) in [7, 11) is 0. The van der Waals surface area contributed by atoms with Gasteiger partial charge in [0.15, 0.2) is 6.23 Å². The third-order valence-corrected chi connectivity index (χ3v) is 2.90. The monoisotopic (exact) mass is 285 g/mol. The Labute approximate surface area is 112 Å². The van der Waals surface area contributed by atoms with Gasteiger partial charge in [-0.15, -0.1) is 0 Å². The number of aromatic carboxylic acids is 1. The molecule has 0 spiro atoms. The summed E-state index contributed by atoms with van der Waals surface area (Å²) in [6.45, 7) is -0.504. The number of nitrogen functional groups attached to an aromatic ring is 1. The Hall–Kier alpha value is -2.01. The average molecular weight is 285 g/mol. The number of carboxylic acid groups (broad SMARTS) is 1. The maximum Gasteiger partial charge on any atom is 0.158 e. The quantitative estimate of drug-likeness (QED) is 0.370. The highest BCUT2D eigenvalue weighted by atomic mass is 16.6. The lowest BCUT2D eigenvalue weighted by atomic mass is 10.1. The van der Waals surface area contributed by atoms with Crippen molar-refractivity contribution in [3.8, 4) is 0 Å². The van der Waals surface area contributed by atoms with Gasteiger partial charge in [0.2, 0.25) is 0 Å². The van der Waals surface area contributed by atoms with Crippen LogP contribution in [0, 0.1) is 0 Å². The van der Waals surface area contributed by atoms with Crippen molar-refractivity contribution in [1.82, 2.24) is 9.97 Å². The highest BCUT2D eigenvalue weighted by Gasteiger charge is 2.42. The summed E-state index contributed by atoms with van der Waals surface area (Å²) in [5.41, 5.74) is 4.93. The van der Waals surface area contributed by atoms with Crippen molar-refractivity contribution >= 4 is 17.6 Å². The van der Waals surface area contributed by atoms with E-state index in [9.17, 15) is 20.1 Å². The van der Waals surface area contributed by atoms with Gasteiger partial charge < -0.3 is 41.0 Å². The van der Waals surface area contributed by atoms with Gasteiger partial charge in [0.1, 0.15) is 36.3 Å². The van der Waals surface area contributed by atoms with Crippen molar-refractivity contribution in [1.29, 1.82) is 0 Å². The molecule has 6 N–H and O–H groups in total. The van der Waals surface area contributed by atoms with Crippen LogP contribution in [0.25, 0.3) is 0 Å². The minimum atomic E-state index is -1.60. The summed E-state index contributed by atoms with van der Waals surface area (Å²) >= 11 is 0. The molecular weight excluding hydrogens is 272 g/mol. The minimum absolute atomic E-state index is 0.215. The van der Waals surface area contributed by atoms with E-state index in [1.807, 2.05) is 0 Å². The lowest BCUT2D eigenvalue weighted by Crippen LogP contribution is -2.37. The summed E-state index contributed by atoms with van der Waals surface area (Å²) in [6.07, 6.45) is -3.82. The molecule has 2 rings (SSSR count). The second-order valence-electron chi connectivity index (χ2n) is 4.17. The highest BCUT2D eigenvalue weighted by Crippen LogP contribution is 2.24. The fourth-order valence-electron chi connectivity index (χ4n) is 1.86. The number of aromatic nitrogens is 2. The van der Waals surface area contributed by atoms with Crippen LogP contribution in [0.2, 0.25) is 0 Å². The van der Waals surface area contributed by atoms with Crippen molar-refractivity contribution in [2.75, 3.05) is 17.7 Å². The van der Waals surface area contributed by atoms with Gasteiger partial charge in [0.25, 0.3) is 0 Å². The average Bonchev–Trinajstić information content (AvgIpc) is 2.66. The topological polar surface area (TPSA) is 174 Å². The van der Waals surface area contributed by atoms with Gasteiger partial charge in [-0.25, -0.2) is 9.97 Å². The molecule has 1 aliphatic rings. The fraction of sp³-hybridized carbons (Fsp3) is 0.500. The number of rotatable bonds is 4. The second-order valence-corrected chi connectivity index (χ2v) is 4.17. The van der Waals surface area contributed by atoms with Crippen molar-refractivity contribution in [2.45, 2.75) is 24.5 Å². The molecule has 0 aromatic carbocycles. The molecule has 0 radical (unpaired) electrons. The molecular formula is C10H13N4O6-. The number of ether oxygens (including phenoxy) is 1. The Balaban J connectivity index is 2.23. The number of nitrogens with two attached hydrogens (primary N) is 1. The highest BCUT2D eigenvalue weighted by molar-refractivity contribution is 5.96. The number of aliphatic hydroxyl groups excluding tert-OH is 3. The van der Waals surface area contributed by atoms with Crippen LogP contribution >= 0.6 is 0 Å². The van der Waals surface area contributed by atoms with Crippen molar-refractivity contribution < 1.29 is 30.0 Å². The molecule has 1 saturated heterocycles. The molecule has 10 heteroatoms. The Morgan fingerprint density at radius 1 is 1.45 bits per heavy atom. The molecule has 0 aliphatic carbocycles. The molecule has 20 heavy (non-hydrogen) atoms. The first-order valence-corrected chi connectivity index (χ1v) is 5.66. The van der Waals surface area contributed by atoms with E-state index >= 15 is 0 Å². The third-order valence-electron chi connectivity index (χ3n) is 2.90. The molecule has 1 aromatic heterocycles. The Bertz CT molecular complexity index is 513. The SMILES string of the molecule is Nc1ncnc(N[C@@H]2O[C@H](CO)[C@@H](O)[C@H]2O)c1C(=O)[O-]. The number of hydrogen-bond acceptors (Lipinski definition) is 10. The van der Waals surface area contributed by atoms with Crippen LogP contribution < -0.4 is 16.2 Å². The van der Waals surface area contributed by atoms with E-state index in [0.29, 0.717) is 0 Å². The van der Waals surface area contributed by atoms with Crippen molar-refractivity contribution in [2.24, 2.45) is 0 Å². The Morgan fingerprint density at radius 2 is 2.15 bits per heavy atom. The Kier molecular flexibility index (Phi) is 3.99. The molecule has 1 aliphatic heterocycles. The zero-order valence-corrected chi connectivity index (χ0v) is 10.1. The summed E-state index contributed by atoms with van der Waals surface area (Å²) < 4.78 is 5.14. The van der Waals surface area contributed by atoms with Gasteiger partial charge in [-0.3, -0.25) is 0 Å². The summed E-state index contributed by atoms with van der Waals surface area (Å²) in [4.78, 5) is 18.2. The zero-order chi connectivity index (χ0) is 14.9. The molecule has 4 atom stereocenters. The van der Waals surface area contributed by atoms with Crippen molar-refractivity contribution in [3.63, 3.8) is 0 Å². The van der Waals surface area contributed by atoms with E-state index in [4.69, 9.17) is 15.6 Å². The lowest BCUT2D eigenvalue weighted by molar-refractivity contribution is -0.254. The van der Waals surface area contributed by atoms with Crippen molar-refractivity contribution in [3.05, 3.63) is 11.9 Å². The Morgan fingerprint density at radius 3 is 2.70 bits per heavy atom. The number of hydrogen-bond donors (Lipinski definition) is 5. The van der Waals surface area contributed by atoms with Crippen LogP contribution in [0.5, 0.6) is 0 Å². The molecule has 2 heterocycles. The minimum Gasteiger partial charge on any atom is -0.545 e. The summed E-state index contributed by atoms with van der Waals surface area (Å²) in [6, 6.07) is 0. The molecule has 0 unspecified atom stereocenters. The first-order valence-electron chi connectivity index (χ1n) is 5.66. The smallest absolute Gasteiger partial charge is 0.158 e. The van der Waals surface area contributed by atoms with Gasteiger partial charge in [-0.1, -0.05) is 0 Å². The van der Waals surface area contributed by atoms with Crippen LogP contribution in [-0.2, 0) is 4.74 Å². The van der Waals surface area contributed by atoms with Gasteiger partial charge >= 0.3 is 0 Å². The largest absolute Gasteiger partial charge is 0.545 e. The number of carbonyl (C=O) groups is 1. The maximum absolute atomic E-state index is 11.0. The van der Waals surface area contributed by atoms with E-state index in [2.05, 4.69) is 15.3 Å². The molecule has 110 valence electrons. The van der Waals surface area contributed by atoms with Crippen LogP contribution in [0.4, 0.5) is 11.6 Å². The molecule has 0 amide bonds. The first kappa shape index (κ1) is 14.4. The normalized spacial score (nSPS) is 29.4. The van der Waals surface area contributed by atoms with E-state index in [1.54, 1.807) is 0 Å². The predicted octanol–water partition coefficient (Wildman–Crippen LogP) is -3.73. The number of carboxylic acids is 1. The molecule has 0 saturated carbocycles. The van der Waals surface area contributed by atoms with E-state index < -0.39 is 42.7 Å². The second kappa shape index (κ2) is 5.54. The van der Waals surface area contributed by atoms with E-state index in [-0.39, 0.29) is 11.6 Å². The third kappa shape index (κ3) is 2.49. The number of aliphatic hydroxyl groups is 3. The van der Waals surface area contributed by atoms with Gasteiger partial charge in [-0.05, 0) is 0 Å². The maximum atomic E-state index is 11.0. The van der Waals surface area contributed by atoms with Crippen LogP contribution in [-0.4, -0.2) is 62.4 Å². The summed E-state index contributed by atoms with van der Waals surface area (Å²) in [5.74, 6) is -2.13. The van der Waals surface area contributed by atoms with Gasteiger partial charge in [-0.2, -0.15) is 0 Å². The lowest BCUT2D eigenvalue weighted by Gasteiger charge is -2.19. The molecule has 0 bridgehead atoms. The number of nitrogens with zero attached hydrogens (tertiary/aromatic N) is 2. The van der Waals surface area contributed by atoms with Crippen LogP contribution in [0.1, 0.15) is 10.4 Å². The first-order chi connectivity index (χ1) is 9.45. The molecule has 1 aromatic rings. The van der Waals surface area contributed by atoms with Crippen LogP contribution in [0.15, 0.2) is 6.33 Å². The fourth-order valence-corrected chi connectivity index (χ4v) is 1.86. The number of anilines is 2. The number of nitrogens with one attached hydrogen (secondary N) is 1. The number of carbonyl (C=O) groups excluding carboxylic acids is 1. The predicted molar refractivity (Wildman–Crippen MR) is 62.2 cm³/mol. The van der Waals surface area contributed by atoms with Crippen LogP contribution in [0.3, 0.4) is 0 Å². The standard InChI is InChI=1S/C10H14N4O6/c11-7-4(10(18)19)8(13-2-12-7)14-9-6(17)5(16)3(1-15)20-9/h2-3,5-6,9,15-17H,1H2,(H,18,19)(H3,11,12,13,14)/p-1/t3-,5-,6-,9-/m1/s1. The van der Waals surface area contributed by atoms with E-state index in [0.717, 1.165) is 6.33 Å². The van der Waals surface area contributed by atoms with Gasteiger partial charge in [0.05, 0.1) is 18.1 Å². The molecule has 10 nitrogen and oxygen atoms in total. The summed E-state index contributed by atoms with van der Waals surface area (Å²) in [5, 5.41) is 41.7. The molecule has 1 fully saturated rings. The van der Waals surface area contributed by atoms with E-state index in [1.165, 1.54) is 0 Å².